The molecule has 0 saturated carbocycles. The highest BCUT2D eigenvalue weighted by Gasteiger charge is 2.10. The summed E-state index contributed by atoms with van der Waals surface area (Å²) in [7, 11) is 0. The van der Waals surface area contributed by atoms with Gasteiger partial charge >= 0.3 is 0 Å². The van der Waals surface area contributed by atoms with Crippen LogP contribution < -0.4 is 10.1 Å². The van der Waals surface area contributed by atoms with Crippen molar-refractivity contribution in [2.24, 2.45) is 0 Å². The molecule has 1 aromatic heterocycles. The lowest BCUT2D eigenvalue weighted by molar-refractivity contribution is -0.118. The van der Waals surface area contributed by atoms with Gasteiger partial charge in [-0.25, -0.2) is 4.98 Å². The molecule has 2 N–H and O–H groups in total. The highest BCUT2D eigenvalue weighted by molar-refractivity contribution is 6.32. The van der Waals surface area contributed by atoms with E-state index in [1.807, 2.05) is 56.3 Å². The van der Waals surface area contributed by atoms with E-state index in [1.54, 1.807) is 24.3 Å². The number of ether oxygens (including phenoxy) is 1. The molecule has 164 valence electrons. The number of hydrogen-bond acceptors (Lipinski definition) is 4. The Kier molecular flexibility index (Phi) is 6.43. The van der Waals surface area contributed by atoms with E-state index in [1.165, 1.54) is 0 Å². The van der Waals surface area contributed by atoms with Gasteiger partial charge in [0.1, 0.15) is 17.6 Å². The first-order valence-electron chi connectivity index (χ1n) is 10.3. The number of aryl methyl sites for hydroxylation is 2. The molecular weight excluding hydrogens is 436 g/mol. The van der Waals surface area contributed by atoms with Crippen LogP contribution in [0.15, 0.2) is 60.7 Å². The van der Waals surface area contributed by atoms with Crippen LogP contribution in [0.4, 0.5) is 5.69 Å². The van der Waals surface area contributed by atoms with Crippen LogP contribution in [0.3, 0.4) is 0 Å². The van der Waals surface area contributed by atoms with E-state index in [2.05, 4.69) is 21.4 Å². The van der Waals surface area contributed by atoms with Crippen molar-refractivity contribution in [3.05, 3.63) is 88.2 Å². The lowest BCUT2D eigenvalue weighted by Crippen LogP contribution is -2.20. The summed E-state index contributed by atoms with van der Waals surface area (Å²) in [5.41, 5.74) is 5.68. The fourth-order valence-corrected chi connectivity index (χ4v) is 3.52. The summed E-state index contributed by atoms with van der Waals surface area (Å²) in [6, 6.07) is 20.7. The number of aromatic nitrogens is 2. The Morgan fingerprint density at radius 2 is 1.88 bits per heavy atom. The maximum absolute atomic E-state index is 12.1. The number of anilines is 1. The lowest BCUT2D eigenvalue weighted by atomic mass is 10.1. The quantitative estimate of drug-likeness (QED) is 0.352. The molecule has 0 aliphatic carbocycles. The summed E-state index contributed by atoms with van der Waals surface area (Å²) in [5.74, 6) is 0.582. The van der Waals surface area contributed by atoms with Crippen LogP contribution >= 0.6 is 11.6 Å². The molecule has 0 saturated heterocycles. The van der Waals surface area contributed by atoms with Crippen molar-refractivity contribution in [1.82, 2.24) is 9.97 Å². The molecular formula is C26H21ClN4O2. The zero-order valence-electron chi connectivity index (χ0n) is 18.1. The molecule has 0 fully saturated rings. The molecule has 4 rings (SSSR count). The summed E-state index contributed by atoms with van der Waals surface area (Å²) in [4.78, 5) is 19.8. The number of nitriles is 1. The number of nitrogens with one attached hydrogen (secondary N) is 2. The first kappa shape index (κ1) is 22.1. The van der Waals surface area contributed by atoms with E-state index in [4.69, 9.17) is 16.3 Å². The Morgan fingerprint density at radius 1 is 1.12 bits per heavy atom. The van der Waals surface area contributed by atoms with E-state index < -0.39 is 0 Å². The molecule has 0 atom stereocenters. The molecule has 0 spiro atoms. The zero-order chi connectivity index (χ0) is 23.4. The summed E-state index contributed by atoms with van der Waals surface area (Å²) in [5, 5.41) is 12.8. The van der Waals surface area contributed by atoms with Gasteiger partial charge in [-0.05, 0) is 67.4 Å². The molecule has 1 heterocycles. The summed E-state index contributed by atoms with van der Waals surface area (Å²) < 4.78 is 5.57. The Morgan fingerprint density at radius 3 is 2.61 bits per heavy atom. The monoisotopic (exact) mass is 456 g/mol. The smallest absolute Gasteiger partial charge is 0.262 e. The van der Waals surface area contributed by atoms with Gasteiger partial charge in [-0.2, -0.15) is 5.26 Å². The Hall–Kier alpha value is -4.08. The average molecular weight is 457 g/mol. The van der Waals surface area contributed by atoms with E-state index in [-0.39, 0.29) is 12.5 Å². The van der Waals surface area contributed by atoms with E-state index in [0.717, 1.165) is 22.2 Å². The summed E-state index contributed by atoms with van der Waals surface area (Å²) in [6.45, 7) is 3.80. The van der Waals surface area contributed by atoms with Crippen molar-refractivity contribution in [3.8, 4) is 11.8 Å². The van der Waals surface area contributed by atoms with Crippen LogP contribution in [0.2, 0.25) is 5.02 Å². The minimum atomic E-state index is -0.286. The van der Waals surface area contributed by atoms with Gasteiger partial charge in [0, 0.05) is 5.69 Å². The Labute approximate surface area is 196 Å². The van der Waals surface area contributed by atoms with Gasteiger partial charge in [0.15, 0.2) is 6.61 Å². The summed E-state index contributed by atoms with van der Waals surface area (Å²) >= 11 is 6.35. The number of nitrogens with zero attached hydrogens (tertiary/aromatic N) is 2. The van der Waals surface area contributed by atoms with Crippen molar-refractivity contribution in [1.29, 1.82) is 5.26 Å². The molecule has 33 heavy (non-hydrogen) atoms. The topological polar surface area (TPSA) is 90.8 Å². The second-order valence-electron chi connectivity index (χ2n) is 7.67. The van der Waals surface area contributed by atoms with Crippen LogP contribution in [-0.4, -0.2) is 22.5 Å². The van der Waals surface area contributed by atoms with Crippen molar-refractivity contribution >= 4 is 45.9 Å². The number of allylic oxidation sites excluding steroid dienone is 1. The number of carbonyl (C=O) groups excluding carboxylic acids is 1. The van der Waals surface area contributed by atoms with Gasteiger partial charge < -0.3 is 15.0 Å². The predicted octanol–water partition coefficient (Wildman–Crippen LogP) is 5.91. The minimum Gasteiger partial charge on any atom is -0.482 e. The second-order valence-corrected chi connectivity index (χ2v) is 8.08. The molecule has 3 aromatic carbocycles. The Balaban J connectivity index is 1.45. The number of carbonyl (C=O) groups is 1. The number of hydrogen-bond donors (Lipinski definition) is 2. The van der Waals surface area contributed by atoms with Gasteiger partial charge in [-0.1, -0.05) is 41.4 Å². The maximum Gasteiger partial charge on any atom is 0.262 e. The summed E-state index contributed by atoms with van der Waals surface area (Å²) in [6.07, 6.45) is 1.70. The predicted molar refractivity (Wildman–Crippen MR) is 131 cm³/mol. The number of amides is 1. The number of aromatic amines is 1. The maximum atomic E-state index is 12.1. The van der Waals surface area contributed by atoms with Gasteiger partial charge in [0.05, 0.1) is 21.6 Å². The molecule has 0 aliphatic heterocycles. The zero-order valence-corrected chi connectivity index (χ0v) is 18.9. The minimum absolute atomic E-state index is 0.176. The third-order valence-corrected chi connectivity index (χ3v) is 5.27. The number of rotatable bonds is 6. The van der Waals surface area contributed by atoms with Crippen molar-refractivity contribution in [2.75, 3.05) is 11.9 Å². The number of imidazole rings is 1. The molecule has 4 aromatic rings. The van der Waals surface area contributed by atoms with Gasteiger partial charge in [0.25, 0.3) is 5.91 Å². The Bertz CT molecular complexity index is 1400. The van der Waals surface area contributed by atoms with Crippen molar-refractivity contribution in [3.63, 3.8) is 0 Å². The molecule has 0 bridgehead atoms. The number of benzene rings is 3. The standard InChI is InChI=1S/C26H21ClN4O2/c1-16-3-7-20(8-4-16)29-25(32)15-33-24-10-6-18(13-21(24)27)12-19(14-28)26-30-22-9-5-17(2)11-23(22)31-26/h3-13H,15H2,1-2H3,(H,29,32)(H,30,31)/b19-12-. The number of fused-ring (bicyclic) bond motifs is 1. The third-order valence-electron chi connectivity index (χ3n) is 4.97. The van der Waals surface area contributed by atoms with Crippen LogP contribution in [0.5, 0.6) is 5.75 Å². The lowest BCUT2D eigenvalue weighted by Gasteiger charge is -2.09. The van der Waals surface area contributed by atoms with Gasteiger partial charge in [0.2, 0.25) is 0 Å². The molecule has 0 aliphatic rings. The second kappa shape index (κ2) is 9.60. The van der Waals surface area contributed by atoms with Gasteiger partial charge in [-0.3, -0.25) is 4.79 Å². The fourth-order valence-electron chi connectivity index (χ4n) is 3.27. The van der Waals surface area contributed by atoms with E-state index >= 15 is 0 Å². The van der Waals surface area contributed by atoms with Crippen LogP contribution in [-0.2, 0) is 4.79 Å². The highest BCUT2D eigenvalue weighted by atomic mass is 35.5. The normalized spacial score (nSPS) is 11.3. The number of halogens is 1. The average Bonchev–Trinajstić information content (AvgIpc) is 3.21. The number of H-pyrrole nitrogens is 1. The van der Waals surface area contributed by atoms with E-state index in [0.29, 0.717) is 33.4 Å². The first-order valence-corrected chi connectivity index (χ1v) is 10.7. The third kappa shape index (κ3) is 5.40. The molecule has 6 nitrogen and oxygen atoms in total. The van der Waals surface area contributed by atoms with Crippen molar-refractivity contribution in [2.45, 2.75) is 13.8 Å². The molecule has 7 heteroatoms. The highest BCUT2D eigenvalue weighted by Crippen LogP contribution is 2.28. The van der Waals surface area contributed by atoms with Gasteiger partial charge in [-0.15, -0.1) is 0 Å². The van der Waals surface area contributed by atoms with Crippen LogP contribution in [0.25, 0.3) is 22.7 Å². The van der Waals surface area contributed by atoms with Crippen LogP contribution in [0.1, 0.15) is 22.5 Å². The fraction of sp³-hybridized carbons (Fsp3) is 0.115. The van der Waals surface area contributed by atoms with Crippen LogP contribution in [0, 0.1) is 25.2 Å². The molecule has 1 amide bonds. The largest absolute Gasteiger partial charge is 0.482 e. The van der Waals surface area contributed by atoms with Crippen molar-refractivity contribution < 1.29 is 9.53 Å². The SMILES string of the molecule is Cc1ccc(NC(=O)COc2ccc(/C=C(/C#N)c3nc4ccc(C)cc4[nH]3)cc2Cl)cc1. The molecule has 0 unspecified atom stereocenters. The first-order chi connectivity index (χ1) is 15.9. The van der Waals surface area contributed by atoms with E-state index in [9.17, 15) is 10.1 Å². The molecule has 0 radical (unpaired) electrons.